The average molecular weight is 498 g/mol. The second-order valence-electron chi connectivity index (χ2n) is 8.31. The highest BCUT2D eigenvalue weighted by molar-refractivity contribution is 6.32. The minimum absolute atomic E-state index is 0.176. The van der Waals surface area contributed by atoms with Gasteiger partial charge in [0.15, 0.2) is 18.1 Å². The first-order valence-corrected chi connectivity index (χ1v) is 12.1. The summed E-state index contributed by atoms with van der Waals surface area (Å²) < 4.78 is 17.2. The van der Waals surface area contributed by atoms with Gasteiger partial charge in [0.1, 0.15) is 5.82 Å². The van der Waals surface area contributed by atoms with Crippen LogP contribution in [0.1, 0.15) is 56.3 Å². The molecule has 35 heavy (non-hydrogen) atoms. The molecule has 8 nitrogen and oxygen atoms in total. The third-order valence-corrected chi connectivity index (χ3v) is 6.24. The van der Waals surface area contributed by atoms with Gasteiger partial charge in [-0.3, -0.25) is 4.79 Å². The molecule has 1 fully saturated rings. The summed E-state index contributed by atoms with van der Waals surface area (Å²) in [5, 5.41) is 5.29. The topological polar surface area (TPSA) is 92.0 Å². The normalized spacial score (nSPS) is 14.4. The molecule has 1 aromatic heterocycles. The quantitative estimate of drug-likeness (QED) is 0.323. The van der Waals surface area contributed by atoms with Crippen LogP contribution in [-0.4, -0.2) is 42.2 Å². The highest BCUT2D eigenvalue weighted by Crippen LogP contribution is 2.36. The minimum atomic E-state index is -0.505. The molecule has 0 spiro atoms. The van der Waals surface area contributed by atoms with Crippen molar-refractivity contribution in [2.24, 2.45) is 5.10 Å². The van der Waals surface area contributed by atoms with E-state index in [0.717, 1.165) is 25.7 Å². The van der Waals surface area contributed by atoms with Crippen molar-refractivity contribution < 1.29 is 19.0 Å². The fourth-order valence-electron chi connectivity index (χ4n) is 4.29. The number of para-hydroxylation sites is 1. The van der Waals surface area contributed by atoms with Gasteiger partial charge in [-0.15, -0.1) is 0 Å². The molecule has 1 heterocycles. The number of ether oxygens (including phenoxy) is 3. The smallest absolute Gasteiger partial charge is 0.344 e. The lowest BCUT2D eigenvalue weighted by Crippen LogP contribution is -2.25. The molecular formula is C26H28ClN3O5. The third-order valence-electron chi connectivity index (χ3n) is 5.96. The van der Waals surface area contributed by atoms with Crippen LogP contribution in [0.15, 0.2) is 46.3 Å². The van der Waals surface area contributed by atoms with Crippen molar-refractivity contribution in [1.29, 1.82) is 0 Å². The number of carbonyl (C=O) groups is 1. The van der Waals surface area contributed by atoms with E-state index >= 15 is 0 Å². The molecule has 0 bridgehead atoms. The molecular weight excluding hydrogens is 470 g/mol. The van der Waals surface area contributed by atoms with E-state index < -0.39 is 5.97 Å². The molecule has 3 aromatic rings. The second-order valence-corrected chi connectivity index (χ2v) is 8.72. The highest BCUT2D eigenvalue weighted by atomic mass is 35.5. The number of methoxy groups -OCH3 is 1. The van der Waals surface area contributed by atoms with Crippen molar-refractivity contribution in [3.05, 3.63) is 63.2 Å². The number of esters is 1. The SMILES string of the molecule is CCOC(=O)COc1c(Cl)cc(C=Nn2c(C3CCCCC3)nc3ccccc3c2=O)cc1OC. The average Bonchev–Trinajstić information content (AvgIpc) is 2.87. The van der Waals surface area contributed by atoms with Crippen molar-refractivity contribution in [1.82, 2.24) is 9.66 Å². The molecule has 2 aromatic carbocycles. The Hall–Kier alpha value is -3.39. The number of hydrogen-bond donors (Lipinski definition) is 0. The zero-order valence-corrected chi connectivity index (χ0v) is 20.6. The van der Waals surface area contributed by atoms with Crippen molar-refractivity contribution in [3.8, 4) is 11.5 Å². The summed E-state index contributed by atoms with van der Waals surface area (Å²) in [5.41, 5.74) is 1.07. The van der Waals surface area contributed by atoms with Crippen molar-refractivity contribution >= 4 is 34.7 Å². The highest BCUT2D eigenvalue weighted by Gasteiger charge is 2.22. The molecule has 0 N–H and O–H groups in total. The van der Waals surface area contributed by atoms with Crippen LogP contribution in [-0.2, 0) is 9.53 Å². The number of halogens is 1. The summed E-state index contributed by atoms with van der Waals surface area (Å²) in [5.74, 6) is 0.910. The van der Waals surface area contributed by atoms with Gasteiger partial charge in [0.25, 0.3) is 5.56 Å². The first kappa shape index (κ1) is 24.7. The number of aromatic nitrogens is 2. The van der Waals surface area contributed by atoms with Gasteiger partial charge in [0.05, 0.1) is 35.9 Å². The summed E-state index contributed by atoms with van der Waals surface area (Å²) in [7, 11) is 1.47. The lowest BCUT2D eigenvalue weighted by Gasteiger charge is -2.22. The minimum Gasteiger partial charge on any atom is -0.493 e. The van der Waals surface area contributed by atoms with E-state index in [9.17, 15) is 9.59 Å². The fourth-order valence-corrected chi connectivity index (χ4v) is 4.56. The molecule has 0 atom stereocenters. The van der Waals surface area contributed by atoms with Crippen LogP contribution in [0, 0.1) is 0 Å². The first-order chi connectivity index (χ1) is 17.0. The number of nitrogens with zero attached hydrogens (tertiary/aromatic N) is 3. The van der Waals surface area contributed by atoms with E-state index in [1.807, 2.05) is 18.2 Å². The number of benzene rings is 2. The van der Waals surface area contributed by atoms with Gasteiger partial charge in [-0.1, -0.05) is 43.0 Å². The Kier molecular flexibility index (Phi) is 8.02. The summed E-state index contributed by atoms with van der Waals surface area (Å²) in [6.07, 6.45) is 6.92. The van der Waals surface area contributed by atoms with E-state index in [2.05, 4.69) is 5.10 Å². The summed E-state index contributed by atoms with van der Waals surface area (Å²) in [6, 6.07) is 10.6. The fraction of sp³-hybridized carbons (Fsp3) is 0.385. The summed E-state index contributed by atoms with van der Waals surface area (Å²) in [6.45, 7) is 1.68. The van der Waals surface area contributed by atoms with Gasteiger partial charge >= 0.3 is 5.97 Å². The van der Waals surface area contributed by atoms with Crippen molar-refractivity contribution in [2.45, 2.75) is 44.9 Å². The third kappa shape index (κ3) is 5.65. The van der Waals surface area contributed by atoms with Crippen LogP contribution in [0.5, 0.6) is 11.5 Å². The van der Waals surface area contributed by atoms with Gasteiger partial charge < -0.3 is 14.2 Å². The van der Waals surface area contributed by atoms with E-state index in [1.54, 1.807) is 31.3 Å². The first-order valence-electron chi connectivity index (χ1n) is 11.7. The summed E-state index contributed by atoms with van der Waals surface area (Å²) in [4.78, 5) is 29.8. The lowest BCUT2D eigenvalue weighted by molar-refractivity contribution is -0.145. The van der Waals surface area contributed by atoms with Crippen LogP contribution < -0.4 is 15.0 Å². The maximum atomic E-state index is 13.4. The van der Waals surface area contributed by atoms with Gasteiger partial charge in [-0.05, 0) is 49.6 Å². The Morgan fingerprint density at radius 1 is 1.23 bits per heavy atom. The molecule has 0 saturated heterocycles. The van der Waals surface area contributed by atoms with Crippen LogP contribution in [0.2, 0.25) is 5.02 Å². The Balaban J connectivity index is 1.69. The number of fused-ring (bicyclic) bond motifs is 1. The molecule has 0 aliphatic heterocycles. The Morgan fingerprint density at radius 3 is 2.74 bits per heavy atom. The van der Waals surface area contributed by atoms with E-state index in [1.165, 1.54) is 18.2 Å². The Bertz CT molecular complexity index is 1300. The predicted molar refractivity (Wildman–Crippen MR) is 135 cm³/mol. The van der Waals surface area contributed by atoms with Crippen LogP contribution in [0.4, 0.5) is 0 Å². The number of carbonyl (C=O) groups excluding carboxylic acids is 1. The monoisotopic (exact) mass is 497 g/mol. The molecule has 1 aliphatic carbocycles. The van der Waals surface area contributed by atoms with Gasteiger partial charge in [0.2, 0.25) is 0 Å². The molecule has 9 heteroatoms. The predicted octanol–water partition coefficient (Wildman–Crippen LogP) is 4.93. The second kappa shape index (κ2) is 11.4. The Morgan fingerprint density at radius 2 is 2.00 bits per heavy atom. The zero-order valence-electron chi connectivity index (χ0n) is 19.8. The largest absolute Gasteiger partial charge is 0.493 e. The molecule has 184 valence electrons. The molecule has 4 rings (SSSR count). The van der Waals surface area contributed by atoms with Crippen molar-refractivity contribution in [2.75, 3.05) is 20.3 Å². The van der Waals surface area contributed by atoms with Crippen LogP contribution in [0.25, 0.3) is 10.9 Å². The zero-order chi connectivity index (χ0) is 24.8. The molecule has 0 unspecified atom stereocenters. The van der Waals surface area contributed by atoms with Gasteiger partial charge in [-0.25, -0.2) is 9.78 Å². The molecule has 0 radical (unpaired) electrons. The van der Waals surface area contributed by atoms with Gasteiger partial charge in [-0.2, -0.15) is 9.78 Å². The van der Waals surface area contributed by atoms with Gasteiger partial charge in [0, 0.05) is 5.92 Å². The maximum Gasteiger partial charge on any atom is 0.344 e. The van der Waals surface area contributed by atoms with Crippen LogP contribution >= 0.6 is 11.6 Å². The maximum absolute atomic E-state index is 13.4. The lowest BCUT2D eigenvalue weighted by atomic mass is 9.88. The number of hydrogen-bond acceptors (Lipinski definition) is 7. The van der Waals surface area contributed by atoms with E-state index in [0.29, 0.717) is 28.0 Å². The van der Waals surface area contributed by atoms with Crippen molar-refractivity contribution in [3.63, 3.8) is 0 Å². The Labute approximate surface area is 208 Å². The van der Waals surface area contributed by atoms with E-state index in [-0.39, 0.29) is 35.5 Å². The van der Waals surface area contributed by atoms with E-state index in [4.69, 9.17) is 30.8 Å². The molecule has 1 aliphatic rings. The summed E-state index contributed by atoms with van der Waals surface area (Å²) >= 11 is 6.42. The van der Waals surface area contributed by atoms with Crippen LogP contribution in [0.3, 0.4) is 0 Å². The molecule has 1 saturated carbocycles. The molecule has 0 amide bonds. The standard InChI is InChI=1S/C26H28ClN3O5/c1-3-34-23(31)16-35-24-20(27)13-17(14-22(24)33-2)15-28-30-25(18-9-5-4-6-10-18)29-21-12-8-7-11-19(21)26(30)32/h7-8,11-15,18H,3-6,9-10,16H2,1-2H3. The number of rotatable bonds is 8.